The molecule has 1 aromatic heterocycles. The fourth-order valence-corrected chi connectivity index (χ4v) is 2.62. The number of amidine groups is 1. The third-order valence-electron chi connectivity index (χ3n) is 3.96. The summed E-state index contributed by atoms with van der Waals surface area (Å²) >= 11 is 0. The van der Waals surface area contributed by atoms with Gasteiger partial charge in [-0.2, -0.15) is 0 Å². The molecule has 3 aromatic rings. The minimum absolute atomic E-state index is 0.0971. The van der Waals surface area contributed by atoms with Crippen LogP contribution in [0.1, 0.15) is 16.7 Å². The van der Waals surface area contributed by atoms with Crippen molar-refractivity contribution in [2.75, 3.05) is 26.1 Å². The molecule has 142 valence electrons. The number of hydrogen-bond acceptors (Lipinski definition) is 6. The molecule has 0 saturated carbocycles. The SMILES string of the molecule is COCCOc1ccc2nc(N)cc(C#Cc3cccc(C(=N)NO)c3)c2c1. The average Bonchev–Trinajstić information content (AvgIpc) is 2.72. The molecule has 0 aliphatic heterocycles. The number of anilines is 1. The highest BCUT2D eigenvalue weighted by atomic mass is 16.5. The van der Waals surface area contributed by atoms with Gasteiger partial charge in [-0.3, -0.25) is 16.1 Å². The monoisotopic (exact) mass is 376 g/mol. The Labute approximate surface area is 162 Å². The molecule has 2 aromatic carbocycles. The molecule has 1 heterocycles. The van der Waals surface area contributed by atoms with Crippen LogP contribution in [0.25, 0.3) is 10.9 Å². The van der Waals surface area contributed by atoms with Gasteiger partial charge in [0.05, 0.1) is 12.1 Å². The largest absolute Gasteiger partial charge is 0.491 e. The lowest BCUT2D eigenvalue weighted by Gasteiger charge is -2.08. The van der Waals surface area contributed by atoms with Gasteiger partial charge in [0.15, 0.2) is 0 Å². The van der Waals surface area contributed by atoms with E-state index >= 15 is 0 Å². The van der Waals surface area contributed by atoms with Crippen molar-refractivity contribution < 1.29 is 14.7 Å². The molecular formula is C21H20N4O3. The van der Waals surface area contributed by atoms with Crippen molar-refractivity contribution in [1.82, 2.24) is 10.5 Å². The Morgan fingerprint density at radius 1 is 1.18 bits per heavy atom. The summed E-state index contributed by atoms with van der Waals surface area (Å²) in [6.45, 7) is 0.946. The molecule has 3 rings (SSSR count). The zero-order valence-corrected chi connectivity index (χ0v) is 15.3. The molecule has 7 nitrogen and oxygen atoms in total. The number of nitrogens with one attached hydrogen (secondary N) is 2. The molecule has 0 unspecified atom stereocenters. The van der Waals surface area contributed by atoms with Crippen LogP contribution in [-0.4, -0.2) is 36.4 Å². The minimum Gasteiger partial charge on any atom is -0.491 e. The lowest BCUT2D eigenvalue weighted by atomic mass is 10.1. The number of rotatable bonds is 5. The number of benzene rings is 2. The molecule has 5 N–H and O–H groups in total. The van der Waals surface area contributed by atoms with Gasteiger partial charge >= 0.3 is 0 Å². The molecule has 0 amide bonds. The fraction of sp³-hybridized carbons (Fsp3) is 0.143. The second-order valence-corrected chi connectivity index (χ2v) is 5.93. The summed E-state index contributed by atoms with van der Waals surface area (Å²) in [5.41, 5.74) is 10.4. The number of nitrogens with zero attached hydrogens (tertiary/aromatic N) is 1. The average molecular weight is 376 g/mol. The van der Waals surface area contributed by atoms with E-state index in [0.717, 1.165) is 16.5 Å². The fourth-order valence-electron chi connectivity index (χ4n) is 2.62. The number of pyridine rings is 1. The van der Waals surface area contributed by atoms with Crippen molar-refractivity contribution in [3.8, 4) is 17.6 Å². The van der Waals surface area contributed by atoms with Gasteiger partial charge in [-0.1, -0.05) is 24.0 Å². The molecule has 0 aliphatic rings. The van der Waals surface area contributed by atoms with Gasteiger partial charge in [-0.15, -0.1) is 0 Å². The maximum Gasteiger partial charge on any atom is 0.149 e. The molecule has 0 atom stereocenters. The van der Waals surface area contributed by atoms with Crippen LogP contribution >= 0.6 is 0 Å². The second kappa shape index (κ2) is 8.86. The predicted molar refractivity (Wildman–Crippen MR) is 108 cm³/mol. The first-order valence-electron chi connectivity index (χ1n) is 8.54. The first kappa shape index (κ1) is 19.2. The van der Waals surface area contributed by atoms with Crippen LogP contribution in [0.4, 0.5) is 5.82 Å². The van der Waals surface area contributed by atoms with Crippen molar-refractivity contribution in [2.24, 2.45) is 0 Å². The highest BCUT2D eigenvalue weighted by Crippen LogP contribution is 2.24. The first-order chi connectivity index (χ1) is 13.6. The standard InChI is InChI=1S/C21H20N4O3/c1-27-9-10-28-17-7-8-19-18(13-17)15(12-20(22)24-19)6-5-14-3-2-4-16(11-14)21(23)25-26/h2-4,7-8,11-13,26H,9-10H2,1H3,(H2,22,24)(H2,23,25). The number of fused-ring (bicyclic) bond motifs is 1. The van der Waals surface area contributed by atoms with E-state index in [1.807, 2.05) is 29.7 Å². The zero-order valence-electron chi connectivity index (χ0n) is 15.3. The minimum atomic E-state index is -0.0971. The van der Waals surface area contributed by atoms with Crippen LogP contribution in [0.15, 0.2) is 48.5 Å². The normalized spacial score (nSPS) is 10.2. The summed E-state index contributed by atoms with van der Waals surface area (Å²) in [4.78, 5) is 4.34. The molecule has 0 spiro atoms. The maximum absolute atomic E-state index is 8.89. The van der Waals surface area contributed by atoms with E-state index < -0.39 is 0 Å². The van der Waals surface area contributed by atoms with Crippen LogP contribution < -0.4 is 16.0 Å². The summed E-state index contributed by atoms with van der Waals surface area (Å²) in [5, 5.41) is 17.4. The van der Waals surface area contributed by atoms with Crippen molar-refractivity contribution in [3.63, 3.8) is 0 Å². The Kier molecular flexibility index (Phi) is 6.07. The quantitative estimate of drug-likeness (QED) is 0.179. The smallest absolute Gasteiger partial charge is 0.149 e. The van der Waals surface area contributed by atoms with Crippen LogP contribution in [0.2, 0.25) is 0 Å². The van der Waals surface area contributed by atoms with Crippen LogP contribution in [0.3, 0.4) is 0 Å². The van der Waals surface area contributed by atoms with Crippen molar-refractivity contribution in [1.29, 1.82) is 5.41 Å². The van der Waals surface area contributed by atoms with E-state index in [4.69, 9.17) is 25.8 Å². The van der Waals surface area contributed by atoms with Crippen molar-refractivity contribution >= 4 is 22.6 Å². The molecule has 28 heavy (non-hydrogen) atoms. The topological polar surface area (TPSA) is 113 Å². The van der Waals surface area contributed by atoms with E-state index in [1.165, 1.54) is 0 Å². The number of aromatic nitrogens is 1. The molecule has 0 radical (unpaired) electrons. The molecule has 0 bridgehead atoms. The number of nitrogens with two attached hydrogens (primary N) is 1. The number of hydrogen-bond donors (Lipinski definition) is 4. The Balaban J connectivity index is 1.97. The summed E-state index contributed by atoms with van der Waals surface area (Å²) < 4.78 is 10.7. The van der Waals surface area contributed by atoms with Gasteiger partial charge in [0.1, 0.15) is 24.0 Å². The van der Waals surface area contributed by atoms with Gasteiger partial charge in [0.25, 0.3) is 0 Å². The highest BCUT2D eigenvalue weighted by Gasteiger charge is 2.05. The van der Waals surface area contributed by atoms with E-state index in [2.05, 4.69) is 16.8 Å². The summed E-state index contributed by atoms with van der Waals surface area (Å²) in [5.74, 6) is 7.17. The third kappa shape index (κ3) is 4.57. The van der Waals surface area contributed by atoms with E-state index in [0.29, 0.717) is 35.9 Å². The zero-order chi connectivity index (χ0) is 19.9. The lowest BCUT2D eigenvalue weighted by molar-refractivity contribution is 0.146. The summed E-state index contributed by atoms with van der Waals surface area (Å²) in [7, 11) is 1.62. The van der Waals surface area contributed by atoms with E-state index in [9.17, 15) is 0 Å². The molecular weight excluding hydrogens is 356 g/mol. The van der Waals surface area contributed by atoms with Crippen molar-refractivity contribution in [2.45, 2.75) is 0 Å². The number of methoxy groups -OCH3 is 1. The molecule has 0 aliphatic carbocycles. The van der Waals surface area contributed by atoms with Gasteiger partial charge in [0.2, 0.25) is 0 Å². The second-order valence-electron chi connectivity index (χ2n) is 5.93. The van der Waals surface area contributed by atoms with Crippen LogP contribution in [0, 0.1) is 17.3 Å². The lowest BCUT2D eigenvalue weighted by Crippen LogP contribution is -2.18. The Bertz CT molecular complexity index is 1070. The highest BCUT2D eigenvalue weighted by molar-refractivity contribution is 5.95. The number of nitrogen functional groups attached to an aromatic ring is 1. The Hall–Kier alpha value is -3.60. The summed E-state index contributed by atoms with van der Waals surface area (Å²) in [6.07, 6.45) is 0. The predicted octanol–water partition coefficient (Wildman–Crippen LogP) is 2.55. The Morgan fingerprint density at radius 2 is 2.04 bits per heavy atom. The van der Waals surface area contributed by atoms with Crippen LogP contribution in [-0.2, 0) is 4.74 Å². The number of ether oxygens (including phenoxy) is 2. The van der Waals surface area contributed by atoms with Gasteiger partial charge in [0, 0.05) is 29.2 Å². The van der Waals surface area contributed by atoms with Crippen LogP contribution in [0.5, 0.6) is 5.75 Å². The summed E-state index contributed by atoms with van der Waals surface area (Å²) in [6, 6.07) is 14.3. The Morgan fingerprint density at radius 3 is 2.82 bits per heavy atom. The molecule has 0 saturated heterocycles. The third-order valence-corrected chi connectivity index (χ3v) is 3.96. The molecule has 0 fully saturated rings. The van der Waals surface area contributed by atoms with Gasteiger partial charge in [-0.25, -0.2) is 4.98 Å². The molecule has 7 heteroatoms. The van der Waals surface area contributed by atoms with E-state index in [1.54, 1.807) is 31.4 Å². The van der Waals surface area contributed by atoms with E-state index in [-0.39, 0.29) is 5.84 Å². The number of hydroxylamine groups is 1. The maximum atomic E-state index is 8.89. The first-order valence-corrected chi connectivity index (χ1v) is 8.54. The van der Waals surface area contributed by atoms with Gasteiger partial charge in [-0.05, 0) is 36.4 Å². The van der Waals surface area contributed by atoms with Gasteiger partial charge < -0.3 is 15.2 Å². The van der Waals surface area contributed by atoms with Crippen molar-refractivity contribution in [3.05, 3.63) is 65.2 Å².